The number of hydrogen-bond donors (Lipinski definition) is 4. The molecule has 0 aliphatic rings. The Morgan fingerprint density at radius 3 is 1.56 bits per heavy atom. The minimum absolute atomic E-state index is 0.100. The van der Waals surface area contributed by atoms with Crippen molar-refractivity contribution >= 4 is 46.2 Å². The van der Waals surface area contributed by atoms with Crippen LogP contribution in [0.15, 0.2) is 0 Å². The van der Waals surface area contributed by atoms with E-state index in [0.717, 1.165) is 0 Å². The van der Waals surface area contributed by atoms with Crippen molar-refractivity contribution in [1.29, 1.82) is 0 Å². The van der Waals surface area contributed by atoms with E-state index >= 15 is 0 Å². The Labute approximate surface area is 159 Å². The fraction of sp³-hybridized carbons (Fsp3) is 0.733. The highest BCUT2D eigenvalue weighted by atomic mass is 32.1. The molecule has 0 aliphatic carbocycles. The second kappa shape index (κ2) is 16.1. The maximum atomic E-state index is 11.6. The first-order valence-electron chi connectivity index (χ1n) is 8.09. The highest BCUT2D eigenvalue weighted by Gasteiger charge is 2.05. The Kier molecular flexibility index (Phi) is 15.2. The van der Waals surface area contributed by atoms with Gasteiger partial charge in [0.25, 0.3) is 0 Å². The van der Waals surface area contributed by atoms with Crippen LogP contribution < -0.4 is 21.3 Å². The highest BCUT2D eigenvalue weighted by molar-refractivity contribution is 7.80. The molecule has 0 rings (SSSR count). The third kappa shape index (κ3) is 15.9. The lowest BCUT2D eigenvalue weighted by Gasteiger charge is -2.08. The molecule has 144 valence electrons. The van der Waals surface area contributed by atoms with Gasteiger partial charge < -0.3 is 30.7 Å². The lowest BCUT2D eigenvalue weighted by molar-refractivity contribution is -0.122. The number of thiocarbonyl (C=S) groups is 2. The van der Waals surface area contributed by atoms with Gasteiger partial charge >= 0.3 is 0 Å². The molecule has 0 aliphatic heterocycles. The van der Waals surface area contributed by atoms with Gasteiger partial charge in [0.05, 0.1) is 26.4 Å². The highest BCUT2D eigenvalue weighted by Crippen LogP contribution is 1.95. The quantitative estimate of drug-likeness (QED) is 0.232. The molecule has 0 bridgehead atoms. The first kappa shape index (κ1) is 23.6. The fourth-order valence-electron chi connectivity index (χ4n) is 1.59. The van der Waals surface area contributed by atoms with Crippen molar-refractivity contribution in [2.45, 2.75) is 19.3 Å². The molecule has 0 heterocycles. The average molecular weight is 393 g/mol. The Morgan fingerprint density at radius 2 is 1.20 bits per heavy atom. The van der Waals surface area contributed by atoms with Crippen molar-refractivity contribution in [3.63, 3.8) is 0 Å². The van der Waals surface area contributed by atoms with Crippen LogP contribution >= 0.6 is 24.4 Å². The van der Waals surface area contributed by atoms with E-state index in [-0.39, 0.29) is 11.8 Å². The number of carbonyl (C=O) groups excluding carboxylic acids is 2. The van der Waals surface area contributed by atoms with E-state index in [1.807, 2.05) is 0 Å². The Balaban J connectivity index is 3.46. The summed E-state index contributed by atoms with van der Waals surface area (Å²) in [6, 6.07) is 0. The molecule has 10 heteroatoms. The SMILES string of the molecule is CNC(=S)COCCNC(=O)CCCC(=O)NCCOCC(=S)NC. The average Bonchev–Trinajstić information content (AvgIpc) is 2.60. The fourth-order valence-corrected chi connectivity index (χ4v) is 1.75. The zero-order chi connectivity index (χ0) is 18.9. The summed E-state index contributed by atoms with van der Waals surface area (Å²) in [5, 5.41) is 11.0. The molecule has 0 spiro atoms. The number of rotatable bonds is 14. The zero-order valence-corrected chi connectivity index (χ0v) is 16.4. The van der Waals surface area contributed by atoms with Gasteiger partial charge in [0.15, 0.2) is 0 Å². The van der Waals surface area contributed by atoms with Gasteiger partial charge in [-0.2, -0.15) is 0 Å². The van der Waals surface area contributed by atoms with E-state index in [2.05, 4.69) is 21.3 Å². The van der Waals surface area contributed by atoms with Crippen LogP contribution in [0.2, 0.25) is 0 Å². The van der Waals surface area contributed by atoms with Gasteiger partial charge in [-0.3, -0.25) is 9.59 Å². The molecule has 0 fully saturated rings. The third-order valence-electron chi connectivity index (χ3n) is 2.97. The third-order valence-corrected chi connectivity index (χ3v) is 3.61. The summed E-state index contributed by atoms with van der Waals surface area (Å²) in [6.07, 6.45) is 1.09. The van der Waals surface area contributed by atoms with E-state index in [4.69, 9.17) is 33.9 Å². The van der Waals surface area contributed by atoms with Gasteiger partial charge in [0.1, 0.15) is 9.98 Å². The number of nitrogens with one attached hydrogen (secondary N) is 4. The molecule has 0 radical (unpaired) electrons. The molecule has 2 amide bonds. The summed E-state index contributed by atoms with van der Waals surface area (Å²) in [6.45, 7) is 2.31. The molecule has 0 atom stereocenters. The van der Waals surface area contributed by atoms with E-state index in [1.54, 1.807) is 14.1 Å². The largest absolute Gasteiger partial charge is 0.381 e. The van der Waals surface area contributed by atoms with Gasteiger partial charge in [-0.05, 0) is 6.42 Å². The second-order valence-electron chi connectivity index (χ2n) is 5.00. The van der Waals surface area contributed by atoms with Crippen LogP contribution in [0.1, 0.15) is 19.3 Å². The minimum atomic E-state index is -0.100. The molecule has 4 N–H and O–H groups in total. The van der Waals surface area contributed by atoms with Crippen molar-refractivity contribution in [1.82, 2.24) is 21.3 Å². The van der Waals surface area contributed by atoms with Gasteiger partial charge in [-0.25, -0.2) is 0 Å². The first-order chi connectivity index (χ1) is 12.0. The maximum absolute atomic E-state index is 11.6. The lowest BCUT2D eigenvalue weighted by atomic mass is 10.2. The summed E-state index contributed by atoms with van der Waals surface area (Å²) in [5.41, 5.74) is 0. The second-order valence-corrected chi connectivity index (χ2v) is 5.99. The number of hydrogen-bond acceptors (Lipinski definition) is 6. The van der Waals surface area contributed by atoms with Crippen molar-refractivity contribution in [2.75, 3.05) is 53.6 Å². The number of carbonyl (C=O) groups is 2. The van der Waals surface area contributed by atoms with Crippen LogP contribution in [-0.4, -0.2) is 75.4 Å². The predicted octanol–water partition coefficient (Wildman–Crippen LogP) is -0.484. The summed E-state index contributed by atoms with van der Waals surface area (Å²) in [5.74, 6) is -0.201. The Bertz CT molecular complexity index is 398. The Hall–Kier alpha value is -1.36. The van der Waals surface area contributed by atoms with E-state index in [1.165, 1.54) is 0 Å². The summed E-state index contributed by atoms with van der Waals surface area (Å²) in [4.78, 5) is 24.4. The molecular weight excluding hydrogens is 364 g/mol. The van der Waals surface area contributed by atoms with E-state index in [9.17, 15) is 9.59 Å². The summed E-state index contributed by atoms with van der Waals surface area (Å²) >= 11 is 9.84. The Morgan fingerprint density at radius 1 is 0.800 bits per heavy atom. The standard InChI is InChI=1S/C15H28N4O4S2/c1-16-14(24)10-22-8-6-18-12(20)4-3-5-13(21)19-7-9-23-11-15(25)17-2/h3-11H2,1-2H3,(H,16,24)(H,17,25)(H,18,20)(H,19,21). The van der Waals surface area contributed by atoms with Crippen LogP contribution in [0.4, 0.5) is 0 Å². The normalized spacial score (nSPS) is 10.0. The van der Waals surface area contributed by atoms with Gasteiger partial charge in [-0.15, -0.1) is 0 Å². The van der Waals surface area contributed by atoms with Crippen LogP contribution in [0.25, 0.3) is 0 Å². The smallest absolute Gasteiger partial charge is 0.220 e. The lowest BCUT2D eigenvalue weighted by Crippen LogP contribution is -2.30. The number of ether oxygens (including phenoxy) is 2. The molecule has 25 heavy (non-hydrogen) atoms. The molecule has 0 aromatic rings. The first-order valence-corrected chi connectivity index (χ1v) is 8.91. The zero-order valence-electron chi connectivity index (χ0n) is 14.8. The van der Waals surface area contributed by atoms with Gasteiger partial charge in [-0.1, -0.05) is 24.4 Å². The van der Waals surface area contributed by atoms with Crippen molar-refractivity contribution < 1.29 is 19.1 Å². The molecule has 0 aromatic carbocycles. The summed E-state index contributed by atoms with van der Waals surface area (Å²) < 4.78 is 10.5. The van der Waals surface area contributed by atoms with Crippen LogP contribution in [0.5, 0.6) is 0 Å². The summed E-state index contributed by atoms with van der Waals surface area (Å²) in [7, 11) is 3.46. The van der Waals surface area contributed by atoms with E-state index < -0.39 is 0 Å². The van der Waals surface area contributed by atoms with Gasteiger partial charge in [0.2, 0.25) is 11.8 Å². The van der Waals surface area contributed by atoms with Crippen LogP contribution in [-0.2, 0) is 19.1 Å². The van der Waals surface area contributed by atoms with Gasteiger partial charge in [0, 0.05) is 40.0 Å². The van der Waals surface area contributed by atoms with Crippen molar-refractivity contribution in [3.05, 3.63) is 0 Å². The molecule has 0 saturated heterocycles. The molecular formula is C15H28N4O4S2. The van der Waals surface area contributed by atoms with Crippen LogP contribution in [0, 0.1) is 0 Å². The number of amides is 2. The monoisotopic (exact) mass is 392 g/mol. The molecule has 0 unspecified atom stereocenters. The maximum Gasteiger partial charge on any atom is 0.220 e. The van der Waals surface area contributed by atoms with Crippen molar-refractivity contribution in [2.24, 2.45) is 0 Å². The van der Waals surface area contributed by atoms with E-state index in [0.29, 0.717) is 68.8 Å². The number of likely N-dealkylation sites (N-methyl/N-ethyl adjacent to an activating group) is 2. The predicted molar refractivity (Wildman–Crippen MR) is 105 cm³/mol. The molecule has 0 aromatic heterocycles. The minimum Gasteiger partial charge on any atom is -0.381 e. The molecule has 0 saturated carbocycles. The van der Waals surface area contributed by atoms with Crippen molar-refractivity contribution in [3.8, 4) is 0 Å². The van der Waals surface area contributed by atoms with Crippen LogP contribution in [0.3, 0.4) is 0 Å². The topological polar surface area (TPSA) is 101 Å². The molecule has 8 nitrogen and oxygen atoms in total.